The van der Waals surface area contributed by atoms with Crippen LogP contribution < -0.4 is 5.73 Å². The Bertz CT molecular complexity index is 492. The predicted molar refractivity (Wildman–Crippen MR) is 64.8 cm³/mol. The summed E-state index contributed by atoms with van der Waals surface area (Å²) >= 11 is 0. The molecular weight excluding hydrogens is 198 g/mol. The van der Waals surface area contributed by atoms with Crippen molar-refractivity contribution in [3.63, 3.8) is 0 Å². The highest BCUT2D eigenvalue weighted by Gasteiger charge is 2.11. The predicted octanol–water partition coefficient (Wildman–Crippen LogP) is 2.47. The molecule has 0 aliphatic heterocycles. The van der Waals surface area contributed by atoms with Crippen LogP contribution in [-0.2, 0) is 0 Å². The number of benzene rings is 1. The summed E-state index contributed by atoms with van der Waals surface area (Å²) < 4.78 is 0. The third-order valence-electron chi connectivity index (χ3n) is 2.64. The van der Waals surface area contributed by atoms with Crippen molar-refractivity contribution in [2.24, 2.45) is 5.73 Å². The van der Waals surface area contributed by atoms with Crippen LogP contribution in [0.4, 0.5) is 0 Å². The number of aromatic nitrogens is 2. The Kier molecular flexibility index (Phi) is 2.97. The molecule has 82 valence electrons. The third-order valence-corrected chi connectivity index (χ3v) is 2.64. The first kappa shape index (κ1) is 10.8. The molecule has 0 aliphatic carbocycles. The SMILES string of the molecule is Cc1ccccc1-c1nnccc1C(C)N. The zero-order valence-corrected chi connectivity index (χ0v) is 9.51. The molecule has 0 spiro atoms. The zero-order chi connectivity index (χ0) is 11.5. The van der Waals surface area contributed by atoms with Crippen LogP contribution in [0.25, 0.3) is 11.3 Å². The summed E-state index contributed by atoms with van der Waals surface area (Å²) in [6.07, 6.45) is 1.68. The molecule has 3 heteroatoms. The molecule has 0 bridgehead atoms. The lowest BCUT2D eigenvalue weighted by atomic mass is 9.99. The molecule has 0 fully saturated rings. The van der Waals surface area contributed by atoms with Crippen molar-refractivity contribution in [3.8, 4) is 11.3 Å². The lowest BCUT2D eigenvalue weighted by Crippen LogP contribution is -2.08. The van der Waals surface area contributed by atoms with Crippen LogP contribution in [0.5, 0.6) is 0 Å². The van der Waals surface area contributed by atoms with E-state index in [4.69, 9.17) is 5.73 Å². The van der Waals surface area contributed by atoms with Crippen LogP contribution in [0, 0.1) is 6.92 Å². The first-order chi connectivity index (χ1) is 7.70. The van der Waals surface area contributed by atoms with Crippen molar-refractivity contribution in [2.45, 2.75) is 19.9 Å². The summed E-state index contributed by atoms with van der Waals surface area (Å²) in [5.41, 5.74) is 10.1. The quantitative estimate of drug-likeness (QED) is 0.833. The largest absolute Gasteiger partial charge is 0.324 e. The van der Waals surface area contributed by atoms with Crippen molar-refractivity contribution >= 4 is 0 Å². The Balaban J connectivity index is 2.60. The summed E-state index contributed by atoms with van der Waals surface area (Å²) in [6.45, 7) is 4.02. The highest BCUT2D eigenvalue weighted by molar-refractivity contribution is 5.66. The molecule has 0 aliphatic rings. The molecule has 0 saturated heterocycles. The Morgan fingerprint density at radius 1 is 1.19 bits per heavy atom. The number of nitrogens with zero attached hydrogens (tertiary/aromatic N) is 2. The lowest BCUT2D eigenvalue weighted by molar-refractivity contribution is 0.804. The molecular formula is C13H15N3. The van der Waals surface area contributed by atoms with Gasteiger partial charge < -0.3 is 5.73 Å². The molecule has 0 amide bonds. The van der Waals surface area contributed by atoms with E-state index in [-0.39, 0.29) is 6.04 Å². The molecule has 2 rings (SSSR count). The summed E-state index contributed by atoms with van der Waals surface area (Å²) in [4.78, 5) is 0. The highest BCUT2D eigenvalue weighted by Crippen LogP contribution is 2.26. The molecule has 0 saturated carbocycles. The third kappa shape index (κ3) is 1.95. The van der Waals surface area contributed by atoms with E-state index in [1.165, 1.54) is 5.56 Å². The van der Waals surface area contributed by atoms with Gasteiger partial charge in [0, 0.05) is 17.8 Å². The highest BCUT2D eigenvalue weighted by atomic mass is 15.1. The first-order valence-corrected chi connectivity index (χ1v) is 5.33. The maximum absolute atomic E-state index is 5.93. The van der Waals surface area contributed by atoms with Gasteiger partial charge in [-0.2, -0.15) is 10.2 Å². The second-order valence-corrected chi connectivity index (χ2v) is 3.94. The van der Waals surface area contributed by atoms with Crippen LogP contribution in [0.2, 0.25) is 0 Å². The van der Waals surface area contributed by atoms with Crippen LogP contribution in [0.3, 0.4) is 0 Å². The minimum atomic E-state index is -0.0369. The van der Waals surface area contributed by atoms with E-state index in [2.05, 4.69) is 23.2 Å². The fraction of sp³-hybridized carbons (Fsp3) is 0.231. The molecule has 1 heterocycles. The van der Waals surface area contributed by atoms with Gasteiger partial charge in [0.1, 0.15) is 0 Å². The van der Waals surface area contributed by atoms with E-state index < -0.39 is 0 Å². The molecule has 16 heavy (non-hydrogen) atoms. The van der Waals surface area contributed by atoms with Gasteiger partial charge >= 0.3 is 0 Å². The van der Waals surface area contributed by atoms with E-state index in [0.29, 0.717) is 0 Å². The average Bonchev–Trinajstić information content (AvgIpc) is 2.29. The standard InChI is InChI=1S/C13H15N3/c1-9-5-3-4-6-11(9)13-12(10(2)14)7-8-15-16-13/h3-8,10H,14H2,1-2H3. The molecule has 1 aromatic carbocycles. The number of rotatable bonds is 2. The second kappa shape index (κ2) is 4.41. The summed E-state index contributed by atoms with van der Waals surface area (Å²) in [5.74, 6) is 0. The maximum atomic E-state index is 5.93. The van der Waals surface area contributed by atoms with E-state index in [0.717, 1.165) is 16.8 Å². The molecule has 2 aromatic rings. The van der Waals surface area contributed by atoms with E-state index in [1.807, 2.05) is 31.2 Å². The summed E-state index contributed by atoms with van der Waals surface area (Å²) in [7, 11) is 0. The van der Waals surface area contributed by atoms with Gasteiger partial charge in [-0.05, 0) is 31.0 Å². The normalized spacial score (nSPS) is 12.4. The van der Waals surface area contributed by atoms with Crippen molar-refractivity contribution in [1.29, 1.82) is 0 Å². The van der Waals surface area contributed by atoms with Crippen molar-refractivity contribution in [1.82, 2.24) is 10.2 Å². The lowest BCUT2D eigenvalue weighted by Gasteiger charge is -2.12. The molecule has 1 aromatic heterocycles. The molecule has 1 atom stereocenters. The van der Waals surface area contributed by atoms with Gasteiger partial charge in [-0.25, -0.2) is 0 Å². The fourth-order valence-corrected chi connectivity index (χ4v) is 1.76. The first-order valence-electron chi connectivity index (χ1n) is 5.33. The Labute approximate surface area is 95.3 Å². The summed E-state index contributed by atoms with van der Waals surface area (Å²) in [5, 5.41) is 8.14. The van der Waals surface area contributed by atoms with Crippen molar-refractivity contribution < 1.29 is 0 Å². The van der Waals surface area contributed by atoms with Gasteiger partial charge in [-0.15, -0.1) is 0 Å². The number of hydrogen-bond donors (Lipinski definition) is 1. The fourth-order valence-electron chi connectivity index (χ4n) is 1.76. The van der Waals surface area contributed by atoms with E-state index in [1.54, 1.807) is 6.20 Å². The Morgan fingerprint density at radius 3 is 2.62 bits per heavy atom. The van der Waals surface area contributed by atoms with Gasteiger partial charge in [0.2, 0.25) is 0 Å². The van der Waals surface area contributed by atoms with Crippen LogP contribution in [0.1, 0.15) is 24.1 Å². The van der Waals surface area contributed by atoms with E-state index in [9.17, 15) is 0 Å². The summed E-state index contributed by atoms with van der Waals surface area (Å²) in [6, 6.07) is 10.0. The van der Waals surface area contributed by atoms with Crippen LogP contribution >= 0.6 is 0 Å². The number of aryl methyl sites for hydroxylation is 1. The van der Waals surface area contributed by atoms with Crippen LogP contribution in [-0.4, -0.2) is 10.2 Å². The topological polar surface area (TPSA) is 51.8 Å². The zero-order valence-electron chi connectivity index (χ0n) is 9.51. The minimum absolute atomic E-state index is 0.0369. The smallest absolute Gasteiger partial charge is 0.0979 e. The number of hydrogen-bond acceptors (Lipinski definition) is 3. The van der Waals surface area contributed by atoms with E-state index >= 15 is 0 Å². The number of nitrogens with two attached hydrogens (primary N) is 1. The molecule has 2 N–H and O–H groups in total. The van der Waals surface area contributed by atoms with Gasteiger partial charge in [0.05, 0.1) is 5.69 Å². The Hall–Kier alpha value is -1.74. The molecule has 3 nitrogen and oxygen atoms in total. The van der Waals surface area contributed by atoms with Crippen LogP contribution in [0.15, 0.2) is 36.5 Å². The monoisotopic (exact) mass is 213 g/mol. The van der Waals surface area contributed by atoms with Crippen molar-refractivity contribution in [3.05, 3.63) is 47.7 Å². The molecule has 1 unspecified atom stereocenters. The van der Waals surface area contributed by atoms with Gasteiger partial charge in [0.25, 0.3) is 0 Å². The minimum Gasteiger partial charge on any atom is -0.324 e. The molecule has 0 radical (unpaired) electrons. The average molecular weight is 213 g/mol. The second-order valence-electron chi connectivity index (χ2n) is 3.94. The maximum Gasteiger partial charge on any atom is 0.0979 e. The van der Waals surface area contributed by atoms with Crippen molar-refractivity contribution in [2.75, 3.05) is 0 Å². The van der Waals surface area contributed by atoms with Gasteiger partial charge in [0.15, 0.2) is 0 Å². The van der Waals surface area contributed by atoms with Gasteiger partial charge in [-0.1, -0.05) is 24.3 Å². The van der Waals surface area contributed by atoms with Gasteiger partial charge in [-0.3, -0.25) is 0 Å². The Morgan fingerprint density at radius 2 is 1.94 bits per heavy atom.